The van der Waals surface area contributed by atoms with E-state index >= 15 is 0 Å². The van der Waals surface area contributed by atoms with E-state index in [0.29, 0.717) is 11.6 Å². The Bertz CT molecular complexity index is 632. The number of cyclic esters (lactones) is 1. The van der Waals surface area contributed by atoms with E-state index in [0.717, 1.165) is 12.0 Å². The number of likely N-dealkylation sites (tertiary alicyclic amines) is 1. The average Bonchev–Trinajstić information content (AvgIpc) is 3.01. The second-order valence-electron chi connectivity index (χ2n) is 6.74. The minimum atomic E-state index is -0.444. The van der Waals surface area contributed by atoms with E-state index in [1.807, 2.05) is 23.1 Å². The Morgan fingerprint density at radius 1 is 1.48 bits per heavy atom. The van der Waals surface area contributed by atoms with Crippen LogP contribution >= 0.6 is 11.6 Å². The predicted octanol–water partition coefficient (Wildman–Crippen LogP) is 2.93. The van der Waals surface area contributed by atoms with Crippen molar-refractivity contribution in [3.63, 3.8) is 0 Å². The van der Waals surface area contributed by atoms with Crippen LogP contribution in [0.1, 0.15) is 38.2 Å². The van der Waals surface area contributed by atoms with Crippen LogP contribution in [0.2, 0.25) is 5.02 Å². The molecular weight excluding hydrogens is 316 g/mol. The number of halogens is 1. The molecule has 5 nitrogen and oxygen atoms in total. The molecule has 0 aliphatic carbocycles. The fourth-order valence-corrected chi connectivity index (χ4v) is 3.89. The maximum atomic E-state index is 12.7. The third-order valence-electron chi connectivity index (χ3n) is 4.90. The summed E-state index contributed by atoms with van der Waals surface area (Å²) >= 11 is 6.11. The summed E-state index contributed by atoms with van der Waals surface area (Å²) in [6, 6.07) is 7.63. The number of rotatable bonds is 3. The van der Waals surface area contributed by atoms with Gasteiger partial charge in [0.1, 0.15) is 6.61 Å². The number of hydrogen-bond donors (Lipinski definition) is 1. The average molecular weight is 337 g/mol. The zero-order valence-electron chi connectivity index (χ0n) is 13.3. The lowest BCUT2D eigenvalue weighted by atomic mass is 9.82. The van der Waals surface area contributed by atoms with Gasteiger partial charge in [-0.3, -0.25) is 4.79 Å². The highest BCUT2D eigenvalue weighted by molar-refractivity contribution is 6.30. The van der Waals surface area contributed by atoms with Gasteiger partial charge < -0.3 is 15.0 Å². The lowest BCUT2D eigenvalue weighted by Crippen LogP contribution is -2.47. The molecular formula is C17H21ClN2O3. The first-order chi connectivity index (χ1) is 10.9. The smallest absolute Gasteiger partial charge is 0.407 e. The molecule has 1 aromatic carbocycles. The minimum Gasteiger partial charge on any atom is -0.447 e. The molecule has 124 valence electrons. The summed E-state index contributed by atoms with van der Waals surface area (Å²) in [7, 11) is 0. The SMILES string of the molecule is CC1(C)C(c2cccc(Cl)c2)CCN1C(=O)C[C@H]1COC(=O)N1. The van der Waals surface area contributed by atoms with Gasteiger partial charge in [0.2, 0.25) is 5.91 Å². The molecule has 6 heteroatoms. The largest absolute Gasteiger partial charge is 0.447 e. The van der Waals surface area contributed by atoms with Crippen LogP contribution < -0.4 is 5.32 Å². The second-order valence-corrected chi connectivity index (χ2v) is 7.18. The van der Waals surface area contributed by atoms with E-state index in [2.05, 4.69) is 25.2 Å². The standard InChI is InChI=1S/C17H21ClN2O3/c1-17(2)14(11-4-3-5-12(18)8-11)6-7-20(17)15(21)9-13-10-23-16(22)19-13/h3-5,8,13-14H,6-7,9-10H2,1-2H3,(H,19,22)/t13-,14?/m0/s1. The summed E-state index contributed by atoms with van der Waals surface area (Å²) in [5, 5.41) is 3.38. The van der Waals surface area contributed by atoms with E-state index in [9.17, 15) is 9.59 Å². The molecule has 0 bridgehead atoms. The zero-order valence-corrected chi connectivity index (χ0v) is 14.1. The molecule has 2 saturated heterocycles. The number of carbonyl (C=O) groups excluding carboxylic acids is 2. The summed E-state index contributed by atoms with van der Waals surface area (Å²) in [4.78, 5) is 25.7. The molecule has 2 amide bonds. The van der Waals surface area contributed by atoms with Gasteiger partial charge in [-0.15, -0.1) is 0 Å². The Morgan fingerprint density at radius 3 is 2.91 bits per heavy atom. The van der Waals surface area contributed by atoms with Crippen LogP contribution in [-0.4, -0.2) is 41.6 Å². The molecule has 2 heterocycles. The highest BCUT2D eigenvalue weighted by atomic mass is 35.5. The first kappa shape index (κ1) is 16.1. The van der Waals surface area contributed by atoms with Crippen LogP contribution in [0.25, 0.3) is 0 Å². The third-order valence-corrected chi connectivity index (χ3v) is 5.14. The number of nitrogens with one attached hydrogen (secondary N) is 1. The molecule has 3 rings (SSSR count). The minimum absolute atomic E-state index is 0.0512. The van der Waals surface area contributed by atoms with Gasteiger partial charge in [0, 0.05) is 23.0 Å². The van der Waals surface area contributed by atoms with E-state index in [1.165, 1.54) is 0 Å². The number of carbonyl (C=O) groups is 2. The Labute approximate surface area is 140 Å². The zero-order chi connectivity index (χ0) is 16.6. The molecule has 23 heavy (non-hydrogen) atoms. The summed E-state index contributed by atoms with van der Waals surface area (Å²) < 4.78 is 4.85. The normalized spacial score (nSPS) is 26.0. The molecule has 0 aromatic heterocycles. The summed E-state index contributed by atoms with van der Waals surface area (Å²) in [5.41, 5.74) is 0.876. The molecule has 2 fully saturated rings. The number of hydrogen-bond acceptors (Lipinski definition) is 3. The molecule has 1 unspecified atom stereocenters. The Balaban J connectivity index is 1.72. The van der Waals surface area contributed by atoms with Crippen LogP contribution in [0, 0.1) is 0 Å². The molecule has 2 aliphatic heterocycles. The van der Waals surface area contributed by atoms with Crippen LogP contribution in [0.3, 0.4) is 0 Å². The van der Waals surface area contributed by atoms with Crippen molar-refractivity contribution >= 4 is 23.6 Å². The number of amides is 2. The fourth-order valence-electron chi connectivity index (χ4n) is 3.69. The van der Waals surface area contributed by atoms with Gasteiger partial charge >= 0.3 is 6.09 Å². The molecule has 0 radical (unpaired) electrons. The summed E-state index contributed by atoms with van der Waals surface area (Å²) in [5.74, 6) is 0.301. The van der Waals surface area contributed by atoms with Gasteiger partial charge in [0.15, 0.2) is 0 Å². The first-order valence-corrected chi connectivity index (χ1v) is 8.25. The highest BCUT2D eigenvalue weighted by Crippen LogP contribution is 2.42. The van der Waals surface area contributed by atoms with Crippen molar-refractivity contribution in [3.05, 3.63) is 34.9 Å². The highest BCUT2D eigenvalue weighted by Gasteiger charge is 2.44. The molecule has 1 aromatic rings. The Morgan fingerprint density at radius 2 is 2.26 bits per heavy atom. The van der Waals surface area contributed by atoms with E-state index in [1.54, 1.807) is 0 Å². The lowest BCUT2D eigenvalue weighted by Gasteiger charge is -2.36. The molecule has 1 N–H and O–H groups in total. The number of nitrogens with zero attached hydrogens (tertiary/aromatic N) is 1. The topological polar surface area (TPSA) is 58.6 Å². The quantitative estimate of drug-likeness (QED) is 0.923. The number of alkyl carbamates (subject to hydrolysis) is 1. The van der Waals surface area contributed by atoms with Crippen molar-refractivity contribution in [3.8, 4) is 0 Å². The molecule has 0 saturated carbocycles. The summed E-state index contributed by atoms with van der Waals surface area (Å²) in [6.45, 7) is 5.15. The van der Waals surface area contributed by atoms with E-state index in [-0.39, 0.29) is 36.4 Å². The van der Waals surface area contributed by atoms with Crippen LogP contribution in [0.5, 0.6) is 0 Å². The van der Waals surface area contributed by atoms with Gasteiger partial charge in [-0.2, -0.15) is 0 Å². The van der Waals surface area contributed by atoms with Crippen LogP contribution in [0.4, 0.5) is 4.79 Å². The number of ether oxygens (including phenoxy) is 1. The first-order valence-electron chi connectivity index (χ1n) is 7.87. The van der Waals surface area contributed by atoms with Crippen molar-refractivity contribution in [2.45, 2.75) is 44.2 Å². The van der Waals surface area contributed by atoms with Crippen molar-refractivity contribution in [1.82, 2.24) is 10.2 Å². The van der Waals surface area contributed by atoms with Gasteiger partial charge in [0.05, 0.1) is 12.5 Å². The van der Waals surface area contributed by atoms with Crippen LogP contribution in [0.15, 0.2) is 24.3 Å². The predicted molar refractivity (Wildman–Crippen MR) is 87.5 cm³/mol. The molecule has 2 aliphatic rings. The summed E-state index contributed by atoms with van der Waals surface area (Å²) in [6.07, 6.45) is 0.740. The van der Waals surface area contributed by atoms with E-state index < -0.39 is 6.09 Å². The molecule has 0 spiro atoms. The fraction of sp³-hybridized carbons (Fsp3) is 0.529. The van der Waals surface area contributed by atoms with Crippen molar-refractivity contribution < 1.29 is 14.3 Å². The Kier molecular flexibility index (Phi) is 4.23. The third kappa shape index (κ3) is 3.15. The monoisotopic (exact) mass is 336 g/mol. The molecule has 2 atom stereocenters. The maximum absolute atomic E-state index is 12.7. The van der Waals surface area contributed by atoms with Gasteiger partial charge in [-0.1, -0.05) is 23.7 Å². The maximum Gasteiger partial charge on any atom is 0.407 e. The Hall–Kier alpha value is -1.75. The van der Waals surface area contributed by atoms with Crippen molar-refractivity contribution in [2.24, 2.45) is 0 Å². The van der Waals surface area contributed by atoms with Crippen LogP contribution in [-0.2, 0) is 9.53 Å². The van der Waals surface area contributed by atoms with Crippen molar-refractivity contribution in [2.75, 3.05) is 13.2 Å². The second kappa shape index (κ2) is 6.04. The van der Waals surface area contributed by atoms with Gasteiger partial charge in [-0.25, -0.2) is 4.79 Å². The lowest BCUT2D eigenvalue weighted by molar-refractivity contribution is -0.135. The van der Waals surface area contributed by atoms with E-state index in [4.69, 9.17) is 16.3 Å². The van der Waals surface area contributed by atoms with Crippen molar-refractivity contribution in [1.29, 1.82) is 0 Å². The number of benzene rings is 1. The van der Waals surface area contributed by atoms with Gasteiger partial charge in [0.25, 0.3) is 0 Å². The van der Waals surface area contributed by atoms with Gasteiger partial charge in [-0.05, 0) is 38.0 Å².